The first-order valence-corrected chi connectivity index (χ1v) is 7.13. The number of amides is 1. The fourth-order valence-electron chi connectivity index (χ4n) is 1.68. The van der Waals surface area contributed by atoms with E-state index in [-0.39, 0.29) is 11.8 Å². The molecule has 0 radical (unpaired) electrons. The molecule has 0 saturated carbocycles. The van der Waals surface area contributed by atoms with Crippen LogP contribution in [0, 0.1) is 5.92 Å². The molecule has 1 aromatic rings. The van der Waals surface area contributed by atoms with E-state index in [9.17, 15) is 4.79 Å². The van der Waals surface area contributed by atoms with Crippen molar-refractivity contribution < 1.29 is 9.53 Å². The van der Waals surface area contributed by atoms with E-state index in [2.05, 4.69) is 17.4 Å². The van der Waals surface area contributed by atoms with Gasteiger partial charge in [-0.15, -0.1) is 0 Å². The SMILES string of the molecule is CCC(C)C(=O)NCCCOCCc1ccccc1. The number of nitrogens with one attached hydrogen (secondary N) is 1. The Kier molecular flexibility index (Phi) is 7.91. The highest BCUT2D eigenvalue weighted by Crippen LogP contribution is 2.00. The third-order valence-corrected chi connectivity index (χ3v) is 3.20. The molecule has 3 nitrogen and oxygen atoms in total. The molecule has 0 spiro atoms. The summed E-state index contributed by atoms with van der Waals surface area (Å²) in [5.74, 6) is 0.255. The molecule has 0 aliphatic heterocycles. The second kappa shape index (κ2) is 9.56. The van der Waals surface area contributed by atoms with Gasteiger partial charge < -0.3 is 10.1 Å². The lowest BCUT2D eigenvalue weighted by atomic mass is 10.1. The van der Waals surface area contributed by atoms with Crippen LogP contribution in [0.15, 0.2) is 30.3 Å². The highest BCUT2D eigenvalue weighted by Gasteiger charge is 2.08. The normalized spacial score (nSPS) is 12.1. The number of carbonyl (C=O) groups is 1. The Morgan fingerprint density at radius 3 is 2.68 bits per heavy atom. The number of hydrogen-bond acceptors (Lipinski definition) is 2. The second-order valence-electron chi connectivity index (χ2n) is 4.80. The minimum atomic E-state index is 0.110. The molecule has 0 fully saturated rings. The zero-order valence-electron chi connectivity index (χ0n) is 12.0. The first kappa shape index (κ1) is 15.7. The lowest BCUT2D eigenvalue weighted by Crippen LogP contribution is -2.30. The monoisotopic (exact) mass is 263 g/mol. The Morgan fingerprint density at radius 1 is 1.26 bits per heavy atom. The molecule has 1 amide bonds. The summed E-state index contributed by atoms with van der Waals surface area (Å²) in [5, 5.41) is 2.92. The van der Waals surface area contributed by atoms with Gasteiger partial charge in [0, 0.05) is 19.1 Å². The van der Waals surface area contributed by atoms with E-state index in [0.717, 1.165) is 25.9 Å². The van der Waals surface area contributed by atoms with Crippen LogP contribution in [-0.2, 0) is 16.0 Å². The highest BCUT2D eigenvalue weighted by molar-refractivity contribution is 5.78. The molecular formula is C16H25NO2. The predicted molar refractivity (Wildman–Crippen MR) is 78.0 cm³/mol. The predicted octanol–water partition coefficient (Wildman–Crippen LogP) is 2.80. The molecule has 106 valence electrons. The molecule has 1 unspecified atom stereocenters. The lowest BCUT2D eigenvalue weighted by molar-refractivity contribution is -0.124. The van der Waals surface area contributed by atoms with Crippen LogP contribution in [0.25, 0.3) is 0 Å². The minimum Gasteiger partial charge on any atom is -0.381 e. The molecule has 0 aliphatic carbocycles. The highest BCUT2D eigenvalue weighted by atomic mass is 16.5. The fourth-order valence-corrected chi connectivity index (χ4v) is 1.68. The summed E-state index contributed by atoms with van der Waals surface area (Å²) in [5.41, 5.74) is 1.30. The van der Waals surface area contributed by atoms with E-state index in [1.807, 2.05) is 32.0 Å². The van der Waals surface area contributed by atoms with Crippen LogP contribution in [0.3, 0.4) is 0 Å². The van der Waals surface area contributed by atoms with E-state index in [0.29, 0.717) is 13.2 Å². The Labute approximate surface area is 116 Å². The van der Waals surface area contributed by atoms with Crippen LogP contribution in [0.1, 0.15) is 32.3 Å². The summed E-state index contributed by atoms with van der Waals surface area (Å²) >= 11 is 0. The van der Waals surface area contributed by atoms with Crippen LogP contribution >= 0.6 is 0 Å². The standard InChI is InChI=1S/C16H25NO2/c1-3-14(2)16(18)17-11-7-12-19-13-10-15-8-5-4-6-9-15/h4-6,8-9,14H,3,7,10-13H2,1-2H3,(H,17,18). The maximum absolute atomic E-state index is 11.5. The van der Waals surface area contributed by atoms with E-state index >= 15 is 0 Å². The van der Waals surface area contributed by atoms with Gasteiger partial charge in [0.1, 0.15) is 0 Å². The van der Waals surface area contributed by atoms with E-state index in [1.165, 1.54) is 5.56 Å². The maximum atomic E-state index is 11.5. The maximum Gasteiger partial charge on any atom is 0.222 e. The van der Waals surface area contributed by atoms with E-state index < -0.39 is 0 Å². The third kappa shape index (κ3) is 6.97. The molecule has 0 aliphatic rings. The summed E-state index contributed by atoms with van der Waals surface area (Å²) < 4.78 is 5.55. The van der Waals surface area contributed by atoms with Crippen molar-refractivity contribution in [3.8, 4) is 0 Å². The summed E-state index contributed by atoms with van der Waals surface area (Å²) in [6, 6.07) is 10.3. The summed E-state index contributed by atoms with van der Waals surface area (Å²) in [6.45, 7) is 6.12. The van der Waals surface area contributed by atoms with Crippen LogP contribution in [0.4, 0.5) is 0 Å². The number of ether oxygens (including phenoxy) is 1. The van der Waals surface area contributed by atoms with Crippen molar-refractivity contribution in [2.75, 3.05) is 19.8 Å². The van der Waals surface area contributed by atoms with Crippen LogP contribution in [0.5, 0.6) is 0 Å². The van der Waals surface area contributed by atoms with Gasteiger partial charge in [-0.2, -0.15) is 0 Å². The van der Waals surface area contributed by atoms with Crippen molar-refractivity contribution in [2.24, 2.45) is 5.92 Å². The molecule has 0 saturated heterocycles. The van der Waals surface area contributed by atoms with Crippen molar-refractivity contribution in [3.05, 3.63) is 35.9 Å². The molecular weight excluding hydrogens is 238 g/mol. The second-order valence-corrected chi connectivity index (χ2v) is 4.80. The molecule has 0 bridgehead atoms. The van der Waals surface area contributed by atoms with Gasteiger partial charge in [-0.3, -0.25) is 4.79 Å². The molecule has 1 rings (SSSR count). The van der Waals surface area contributed by atoms with Gasteiger partial charge in [-0.25, -0.2) is 0 Å². The summed E-state index contributed by atoms with van der Waals surface area (Å²) in [7, 11) is 0. The average Bonchev–Trinajstić information content (AvgIpc) is 2.46. The van der Waals surface area contributed by atoms with E-state index in [4.69, 9.17) is 4.74 Å². The first-order chi connectivity index (χ1) is 9.24. The lowest BCUT2D eigenvalue weighted by Gasteiger charge is -2.10. The first-order valence-electron chi connectivity index (χ1n) is 7.13. The largest absolute Gasteiger partial charge is 0.381 e. The zero-order chi connectivity index (χ0) is 13.9. The van der Waals surface area contributed by atoms with Crippen molar-refractivity contribution in [2.45, 2.75) is 33.1 Å². The van der Waals surface area contributed by atoms with Crippen molar-refractivity contribution in [1.29, 1.82) is 0 Å². The molecule has 1 N–H and O–H groups in total. The van der Waals surface area contributed by atoms with Gasteiger partial charge >= 0.3 is 0 Å². The van der Waals surface area contributed by atoms with Gasteiger partial charge in [0.25, 0.3) is 0 Å². The number of hydrogen-bond donors (Lipinski definition) is 1. The van der Waals surface area contributed by atoms with Gasteiger partial charge in [0.2, 0.25) is 5.91 Å². The minimum absolute atomic E-state index is 0.110. The summed E-state index contributed by atoms with van der Waals surface area (Å²) in [4.78, 5) is 11.5. The Hall–Kier alpha value is -1.35. The van der Waals surface area contributed by atoms with Crippen LogP contribution in [-0.4, -0.2) is 25.7 Å². The van der Waals surface area contributed by atoms with Crippen LogP contribution in [0.2, 0.25) is 0 Å². The molecule has 0 heterocycles. The third-order valence-electron chi connectivity index (χ3n) is 3.20. The number of rotatable bonds is 9. The zero-order valence-corrected chi connectivity index (χ0v) is 12.0. The molecule has 19 heavy (non-hydrogen) atoms. The van der Waals surface area contributed by atoms with Gasteiger partial charge in [-0.05, 0) is 24.8 Å². The van der Waals surface area contributed by atoms with E-state index in [1.54, 1.807) is 0 Å². The van der Waals surface area contributed by atoms with Crippen molar-refractivity contribution in [3.63, 3.8) is 0 Å². The molecule has 0 aromatic heterocycles. The van der Waals surface area contributed by atoms with Gasteiger partial charge in [0.15, 0.2) is 0 Å². The van der Waals surface area contributed by atoms with Crippen molar-refractivity contribution >= 4 is 5.91 Å². The van der Waals surface area contributed by atoms with Crippen LogP contribution < -0.4 is 5.32 Å². The Morgan fingerprint density at radius 2 is 2.00 bits per heavy atom. The van der Waals surface area contributed by atoms with Gasteiger partial charge in [-0.1, -0.05) is 44.2 Å². The molecule has 3 heteroatoms. The average molecular weight is 263 g/mol. The molecule has 1 atom stereocenters. The number of carbonyl (C=O) groups excluding carboxylic acids is 1. The summed E-state index contributed by atoms with van der Waals surface area (Å²) in [6.07, 6.45) is 2.70. The van der Waals surface area contributed by atoms with Gasteiger partial charge in [0.05, 0.1) is 6.61 Å². The number of benzene rings is 1. The topological polar surface area (TPSA) is 38.3 Å². The Bertz CT molecular complexity index is 351. The Balaban J connectivity index is 1.96. The smallest absolute Gasteiger partial charge is 0.222 e. The quantitative estimate of drug-likeness (QED) is 0.696. The fraction of sp³-hybridized carbons (Fsp3) is 0.562. The molecule has 1 aromatic carbocycles. The van der Waals surface area contributed by atoms with Crippen molar-refractivity contribution in [1.82, 2.24) is 5.32 Å².